The Morgan fingerprint density at radius 3 is 2.38 bits per heavy atom. The van der Waals surface area contributed by atoms with Crippen LogP contribution < -0.4 is 5.32 Å². The lowest BCUT2D eigenvalue weighted by Gasteiger charge is -2.65. The Morgan fingerprint density at radius 2 is 1.73 bits per heavy atom. The van der Waals surface area contributed by atoms with E-state index in [9.17, 15) is 10.2 Å². The fourth-order valence-corrected chi connectivity index (χ4v) is 8.75. The van der Waals surface area contributed by atoms with Gasteiger partial charge in [0.2, 0.25) is 0 Å². The number of hydrogen-bond acceptors (Lipinski definition) is 3. The third-order valence-electron chi connectivity index (χ3n) is 9.05. The highest BCUT2D eigenvalue weighted by Crippen LogP contribution is 2.69. The van der Waals surface area contributed by atoms with Gasteiger partial charge in [0.15, 0.2) is 0 Å². The molecular formula is C20H34Cl3NO2. The molecule has 4 saturated carbocycles. The summed E-state index contributed by atoms with van der Waals surface area (Å²) < 4.78 is 0. The lowest BCUT2D eigenvalue weighted by molar-refractivity contribution is -0.110. The van der Waals surface area contributed by atoms with E-state index in [1.165, 1.54) is 0 Å². The molecule has 0 radical (unpaired) electrons. The number of nitrogens with one attached hydrogen (secondary N) is 1. The first-order valence-corrected chi connectivity index (χ1v) is 10.8. The number of aliphatic hydroxyl groups is 2. The van der Waals surface area contributed by atoms with Crippen LogP contribution in [0.25, 0.3) is 0 Å². The summed E-state index contributed by atoms with van der Waals surface area (Å²) in [7, 11) is 1.98. The summed E-state index contributed by atoms with van der Waals surface area (Å²) in [5.41, 5.74) is 0.121. The number of aliphatic hydroxyl groups excluding tert-OH is 2. The fourth-order valence-electron chi connectivity index (χ4n) is 7.70. The van der Waals surface area contributed by atoms with E-state index >= 15 is 0 Å². The van der Waals surface area contributed by atoms with Crippen LogP contribution in [0, 0.1) is 28.6 Å². The average Bonchev–Trinajstić information content (AvgIpc) is 2.80. The quantitative estimate of drug-likeness (QED) is 0.556. The molecular weight excluding hydrogens is 393 g/mol. The molecule has 0 aromatic heterocycles. The number of fused-ring (bicyclic) bond motifs is 5. The Hall–Kier alpha value is 0.750. The van der Waals surface area contributed by atoms with Crippen LogP contribution in [0.1, 0.15) is 58.8 Å². The van der Waals surface area contributed by atoms with Gasteiger partial charge < -0.3 is 15.5 Å². The molecule has 10 atom stereocenters. The Labute approximate surface area is 174 Å². The maximum atomic E-state index is 10.7. The molecule has 0 amide bonds. The zero-order valence-electron chi connectivity index (χ0n) is 16.0. The van der Waals surface area contributed by atoms with Gasteiger partial charge in [0, 0.05) is 6.04 Å². The molecule has 3 N–H and O–H groups in total. The summed E-state index contributed by atoms with van der Waals surface area (Å²) in [5, 5.41) is 24.2. The van der Waals surface area contributed by atoms with Crippen molar-refractivity contribution in [3.05, 3.63) is 0 Å². The SMILES string of the molecule is CN[C@H]1[C@H](O)C[C@H]2[C@@H]3C[C@@H](Cl)[C@@]4(Cl)C[C@@H](O)CC[C@]4(C)[C@H]3CC[C@@]21C.Cl. The lowest BCUT2D eigenvalue weighted by Crippen LogP contribution is -2.65. The van der Waals surface area contributed by atoms with Crippen LogP contribution in [-0.4, -0.2) is 45.8 Å². The number of alkyl halides is 2. The van der Waals surface area contributed by atoms with Crippen molar-refractivity contribution in [2.45, 2.75) is 87.3 Å². The Balaban J connectivity index is 0.00000196. The highest BCUT2D eigenvalue weighted by atomic mass is 35.5. The zero-order chi connectivity index (χ0) is 18.2. The zero-order valence-corrected chi connectivity index (χ0v) is 18.4. The molecule has 0 saturated heterocycles. The maximum absolute atomic E-state index is 10.7. The molecule has 0 aromatic rings. The minimum atomic E-state index is -0.499. The molecule has 4 aliphatic rings. The second-order valence-electron chi connectivity index (χ2n) is 9.87. The number of rotatable bonds is 1. The van der Waals surface area contributed by atoms with Crippen molar-refractivity contribution in [1.82, 2.24) is 5.32 Å². The number of likely N-dealkylation sites (N-methyl/N-ethyl adjacent to an activating group) is 1. The standard InChI is InChI=1S/C20H33Cl2NO2.ClH/c1-18-6-5-13-12(14(18)9-15(25)17(18)23-3)8-16(21)20(22)10-11(24)4-7-19(13,20)2;/h11-17,23-25H,4-10H2,1-3H3;1H/t11-,12+,13-,14-,15+,16+,17-,18-,19+,20-;/m0./s1. The maximum Gasteiger partial charge on any atom is 0.0701 e. The van der Waals surface area contributed by atoms with Gasteiger partial charge in [-0.15, -0.1) is 35.6 Å². The van der Waals surface area contributed by atoms with Gasteiger partial charge in [-0.05, 0) is 80.6 Å². The monoisotopic (exact) mass is 425 g/mol. The van der Waals surface area contributed by atoms with Crippen LogP contribution >= 0.6 is 35.6 Å². The van der Waals surface area contributed by atoms with Crippen LogP contribution in [0.2, 0.25) is 0 Å². The first-order chi connectivity index (χ1) is 11.7. The second kappa shape index (κ2) is 6.92. The largest absolute Gasteiger partial charge is 0.393 e. The van der Waals surface area contributed by atoms with Crippen molar-refractivity contribution in [3.8, 4) is 0 Å². The van der Waals surface area contributed by atoms with Crippen molar-refractivity contribution in [1.29, 1.82) is 0 Å². The van der Waals surface area contributed by atoms with Crippen molar-refractivity contribution in [2.75, 3.05) is 7.05 Å². The van der Waals surface area contributed by atoms with E-state index in [-0.39, 0.29) is 46.9 Å². The highest BCUT2D eigenvalue weighted by molar-refractivity contribution is 6.33. The van der Waals surface area contributed by atoms with E-state index < -0.39 is 4.87 Å². The summed E-state index contributed by atoms with van der Waals surface area (Å²) in [6.07, 6.45) is 5.92. The van der Waals surface area contributed by atoms with E-state index in [1.54, 1.807) is 0 Å². The van der Waals surface area contributed by atoms with Gasteiger partial charge in [-0.25, -0.2) is 0 Å². The smallest absolute Gasteiger partial charge is 0.0701 e. The van der Waals surface area contributed by atoms with Gasteiger partial charge >= 0.3 is 0 Å². The molecule has 0 unspecified atom stereocenters. The van der Waals surface area contributed by atoms with Crippen LogP contribution in [0.5, 0.6) is 0 Å². The predicted molar refractivity (Wildman–Crippen MR) is 109 cm³/mol. The Bertz CT molecular complexity index is 551. The van der Waals surface area contributed by atoms with Gasteiger partial charge in [0.25, 0.3) is 0 Å². The van der Waals surface area contributed by atoms with Crippen molar-refractivity contribution in [3.63, 3.8) is 0 Å². The van der Waals surface area contributed by atoms with Crippen LogP contribution in [0.15, 0.2) is 0 Å². The molecule has 152 valence electrons. The fraction of sp³-hybridized carbons (Fsp3) is 1.00. The molecule has 6 heteroatoms. The first-order valence-electron chi connectivity index (χ1n) is 10.0. The summed E-state index contributed by atoms with van der Waals surface area (Å²) in [4.78, 5) is -0.499. The molecule has 4 fully saturated rings. The van der Waals surface area contributed by atoms with E-state index in [2.05, 4.69) is 19.2 Å². The molecule has 4 rings (SSSR count). The lowest BCUT2D eigenvalue weighted by atomic mass is 9.44. The van der Waals surface area contributed by atoms with E-state index in [0.29, 0.717) is 24.2 Å². The Morgan fingerprint density at radius 1 is 1.04 bits per heavy atom. The second-order valence-corrected chi connectivity index (χ2v) is 11.1. The predicted octanol–water partition coefficient (Wildman–Crippen LogP) is 3.95. The van der Waals surface area contributed by atoms with Crippen LogP contribution in [0.4, 0.5) is 0 Å². The average molecular weight is 427 g/mol. The van der Waals surface area contributed by atoms with Gasteiger partial charge in [-0.1, -0.05) is 13.8 Å². The summed E-state index contributed by atoms with van der Waals surface area (Å²) in [6, 6.07) is 0.177. The molecule has 0 bridgehead atoms. The molecule has 0 aliphatic heterocycles. The Kier molecular flexibility index (Phi) is 5.71. The highest BCUT2D eigenvalue weighted by Gasteiger charge is 2.67. The van der Waals surface area contributed by atoms with Gasteiger partial charge in [0.05, 0.1) is 22.5 Å². The number of hydrogen-bond donors (Lipinski definition) is 3. The molecule has 0 heterocycles. The van der Waals surface area contributed by atoms with Gasteiger partial charge in [-0.3, -0.25) is 0 Å². The molecule has 4 aliphatic carbocycles. The van der Waals surface area contributed by atoms with Crippen molar-refractivity contribution < 1.29 is 10.2 Å². The van der Waals surface area contributed by atoms with Crippen molar-refractivity contribution in [2.24, 2.45) is 28.6 Å². The molecule has 0 spiro atoms. The van der Waals surface area contributed by atoms with Crippen LogP contribution in [0.3, 0.4) is 0 Å². The first kappa shape index (κ1) is 21.5. The van der Waals surface area contributed by atoms with E-state index in [0.717, 1.165) is 38.5 Å². The third kappa shape index (κ3) is 2.64. The number of halogens is 3. The summed E-state index contributed by atoms with van der Waals surface area (Å²) in [5.74, 6) is 1.58. The minimum absolute atomic E-state index is 0. The van der Waals surface area contributed by atoms with Crippen LogP contribution in [-0.2, 0) is 0 Å². The van der Waals surface area contributed by atoms with Crippen molar-refractivity contribution >= 4 is 35.6 Å². The van der Waals surface area contributed by atoms with E-state index in [1.807, 2.05) is 7.05 Å². The van der Waals surface area contributed by atoms with Gasteiger partial charge in [0.1, 0.15) is 0 Å². The molecule has 0 aromatic carbocycles. The molecule has 26 heavy (non-hydrogen) atoms. The third-order valence-corrected chi connectivity index (χ3v) is 10.6. The summed E-state index contributed by atoms with van der Waals surface area (Å²) in [6.45, 7) is 4.70. The van der Waals surface area contributed by atoms with E-state index in [4.69, 9.17) is 23.2 Å². The topological polar surface area (TPSA) is 52.5 Å². The van der Waals surface area contributed by atoms with Gasteiger partial charge in [-0.2, -0.15) is 0 Å². The molecule has 3 nitrogen and oxygen atoms in total. The summed E-state index contributed by atoms with van der Waals surface area (Å²) >= 11 is 14.1. The normalized spacial score (nSPS) is 59.0. The minimum Gasteiger partial charge on any atom is -0.393 e.